The van der Waals surface area contributed by atoms with E-state index in [1.807, 2.05) is 41.1 Å². The van der Waals surface area contributed by atoms with Crippen LogP contribution in [-0.2, 0) is 0 Å². The van der Waals surface area contributed by atoms with E-state index in [9.17, 15) is 0 Å². The quantitative estimate of drug-likeness (QED) is 0.573. The van der Waals surface area contributed by atoms with Crippen LogP contribution in [0.2, 0.25) is 0 Å². The monoisotopic (exact) mass is 230 g/mol. The van der Waals surface area contributed by atoms with E-state index in [0.29, 0.717) is 12.3 Å². The van der Waals surface area contributed by atoms with E-state index in [1.165, 1.54) is 0 Å². The first-order valence-electron chi connectivity index (χ1n) is 5.06. The Bertz CT molecular complexity index is 505. The third kappa shape index (κ3) is 2.44. The second-order valence-electron chi connectivity index (χ2n) is 3.20. The van der Waals surface area contributed by atoms with Crippen LogP contribution in [-0.4, -0.2) is 15.7 Å². The van der Waals surface area contributed by atoms with E-state index < -0.39 is 0 Å². The molecule has 0 saturated heterocycles. The van der Waals surface area contributed by atoms with Gasteiger partial charge in [0.25, 0.3) is 0 Å². The lowest BCUT2D eigenvalue weighted by Gasteiger charge is -2.01. The number of aromatic nitrogens is 2. The highest BCUT2D eigenvalue weighted by Crippen LogP contribution is 2.08. The predicted octanol–water partition coefficient (Wildman–Crippen LogP) is 2.85. The zero-order chi connectivity index (χ0) is 11.2. The lowest BCUT2D eigenvalue weighted by atomic mass is 10.3. The number of alkyl halides is 1. The number of hydrogen-bond donors (Lipinski definition) is 0. The normalized spacial score (nSPS) is 9.56. The van der Waals surface area contributed by atoms with Crippen molar-refractivity contribution >= 4 is 11.6 Å². The van der Waals surface area contributed by atoms with Crippen LogP contribution in [0.25, 0.3) is 5.69 Å². The molecule has 0 saturated carbocycles. The highest BCUT2D eigenvalue weighted by Gasteiger charge is 2.00. The van der Waals surface area contributed by atoms with Crippen LogP contribution in [0.5, 0.6) is 0 Å². The number of nitrogens with zero attached hydrogens (tertiary/aromatic N) is 2. The van der Waals surface area contributed by atoms with E-state index >= 15 is 0 Å². The summed E-state index contributed by atoms with van der Waals surface area (Å²) in [5.74, 6) is 6.63. The third-order valence-electron chi connectivity index (χ3n) is 2.08. The summed E-state index contributed by atoms with van der Waals surface area (Å²) in [6.07, 6.45) is 2.44. The predicted molar refractivity (Wildman–Crippen MR) is 65.8 cm³/mol. The SMILES string of the molecule is ClCCC#Cc1ccnn1-c1ccccc1. The van der Waals surface area contributed by atoms with Gasteiger partial charge in [-0.05, 0) is 24.1 Å². The highest BCUT2D eigenvalue weighted by molar-refractivity contribution is 6.18. The van der Waals surface area contributed by atoms with Crippen LogP contribution in [0.4, 0.5) is 0 Å². The van der Waals surface area contributed by atoms with Gasteiger partial charge in [-0.2, -0.15) is 5.10 Å². The van der Waals surface area contributed by atoms with Crippen LogP contribution in [0.3, 0.4) is 0 Å². The Morgan fingerprint density at radius 1 is 1.19 bits per heavy atom. The van der Waals surface area contributed by atoms with Gasteiger partial charge in [0.15, 0.2) is 0 Å². The fourth-order valence-corrected chi connectivity index (χ4v) is 1.47. The van der Waals surface area contributed by atoms with Gasteiger partial charge in [-0.25, -0.2) is 4.68 Å². The summed E-state index contributed by atoms with van der Waals surface area (Å²) < 4.78 is 1.82. The Hall–Kier alpha value is -1.72. The van der Waals surface area contributed by atoms with Gasteiger partial charge in [-0.1, -0.05) is 24.1 Å². The van der Waals surface area contributed by atoms with Gasteiger partial charge in [-0.15, -0.1) is 11.6 Å². The van der Waals surface area contributed by atoms with Crippen molar-refractivity contribution in [1.29, 1.82) is 0 Å². The molecule has 1 heterocycles. The van der Waals surface area contributed by atoms with Crippen LogP contribution in [0.1, 0.15) is 12.1 Å². The van der Waals surface area contributed by atoms with E-state index in [-0.39, 0.29) is 0 Å². The molecule has 0 aliphatic rings. The minimum atomic E-state index is 0.562. The summed E-state index contributed by atoms with van der Waals surface area (Å²) >= 11 is 5.57. The summed E-state index contributed by atoms with van der Waals surface area (Å²) in [6.45, 7) is 0. The van der Waals surface area contributed by atoms with Crippen molar-refractivity contribution in [3.05, 3.63) is 48.3 Å². The van der Waals surface area contributed by atoms with E-state index in [0.717, 1.165) is 11.4 Å². The van der Waals surface area contributed by atoms with E-state index in [4.69, 9.17) is 11.6 Å². The highest BCUT2D eigenvalue weighted by atomic mass is 35.5. The Kier molecular flexibility index (Phi) is 3.63. The van der Waals surface area contributed by atoms with Crippen LogP contribution in [0.15, 0.2) is 42.6 Å². The van der Waals surface area contributed by atoms with Crippen LogP contribution in [0, 0.1) is 11.8 Å². The van der Waals surface area contributed by atoms with E-state index in [1.54, 1.807) is 6.20 Å². The number of para-hydroxylation sites is 1. The molecule has 3 heteroatoms. The first kappa shape index (κ1) is 10.8. The molecule has 0 amide bonds. The van der Waals surface area contributed by atoms with Gasteiger partial charge in [0, 0.05) is 12.3 Å². The lowest BCUT2D eigenvalue weighted by Crippen LogP contribution is -1.98. The van der Waals surface area contributed by atoms with Crippen LogP contribution >= 0.6 is 11.6 Å². The first-order chi connectivity index (χ1) is 7.92. The van der Waals surface area contributed by atoms with Gasteiger partial charge >= 0.3 is 0 Å². The number of halogens is 1. The average Bonchev–Trinajstić information content (AvgIpc) is 2.79. The second kappa shape index (κ2) is 5.39. The van der Waals surface area contributed by atoms with Gasteiger partial charge in [0.1, 0.15) is 5.69 Å². The second-order valence-corrected chi connectivity index (χ2v) is 3.58. The first-order valence-corrected chi connectivity index (χ1v) is 5.59. The third-order valence-corrected chi connectivity index (χ3v) is 2.27. The molecule has 16 heavy (non-hydrogen) atoms. The summed E-state index contributed by atoms with van der Waals surface area (Å²) in [6, 6.07) is 11.8. The Morgan fingerprint density at radius 2 is 2.00 bits per heavy atom. The van der Waals surface area contributed by atoms with Crippen molar-refractivity contribution < 1.29 is 0 Å². The molecule has 2 nitrogen and oxygen atoms in total. The van der Waals surface area contributed by atoms with Crippen molar-refractivity contribution in [2.45, 2.75) is 6.42 Å². The maximum absolute atomic E-state index is 5.57. The van der Waals surface area contributed by atoms with Crippen molar-refractivity contribution in [1.82, 2.24) is 9.78 Å². The van der Waals surface area contributed by atoms with Gasteiger partial charge in [0.2, 0.25) is 0 Å². The molecule has 0 spiro atoms. The Labute approximate surface area is 99.9 Å². The van der Waals surface area contributed by atoms with Crippen molar-refractivity contribution in [3.63, 3.8) is 0 Å². The molecule has 80 valence electrons. The minimum absolute atomic E-state index is 0.562. The molecule has 2 rings (SSSR count). The molecular formula is C13H11ClN2. The molecular weight excluding hydrogens is 220 g/mol. The van der Waals surface area contributed by atoms with Crippen LogP contribution < -0.4 is 0 Å². The maximum Gasteiger partial charge on any atom is 0.116 e. The molecule has 0 N–H and O–H groups in total. The standard InChI is InChI=1S/C13H11ClN2/c14-10-5-4-8-13-9-11-15-16(13)12-6-2-1-3-7-12/h1-3,6-7,9,11H,5,10H2. The average molecular weight is 231 g/mol. The largest absolute Gasteiger partial charge is 0.225 e. The fourth-order valence-electron chi connectivity index (χ4n) is 1.37. The Balaban J connectivity index is 2.31. The summed E-state index contributed by atoms with van der Waals surface area (Å²) in [5.41, 5.74) is 1.90. The van der Waals surface area contributed by atoms with Crippen molar-refractivity contribution in [3.8, 4) is 17.5 Å². The molecule has 0 radical (unpaired) electrons. The molecule has 1 aromatic carbocycles. The lowest BCUT2D eigenvalue weighted by molar-refractivity contribution is 0.868. The smallest absolute Gasteiger partial charge is 0.116 e. The minimum Gasteiger partial charge on any atom is -0.225 e. The molecule has 0 unspecified atom stereocenters. The maximum atomic E-state index is 5.57. The molecule has 2 aromatic rings. The zero-order valence-corrected chi connectivity index (χ0v) is 9.48. The van der Waals surface area contributed by atoms with Crippen molar-refractivity contribution in [2.24, 2.45) is 0 Å². The summed E-state index contributed by atoms with van der Waals surface area (Å²) in [7, 11) is 0. The molecule has 0 aliphatic heterocycles. The number of rotatable bonds is 2. The molecule has 1 aromatic heterocycles. The fraction of sp³-hybridized carbons (Fsp3) is 0.154. The topological polar surface area (TPSA) is 17.8 Å². The van der Waals surface area contributed by atoms with Gasteiger partial charge in [-0.3, -0.25) is 0 Å². The molecule has 0 bridgehead atoms. The van der Waals surface area contributed by atoms with Crippen molar-refractivity contribution in [2.75, 3.05) is 5.88 Å². The van der Waals surface area contributed by atoms with Gasteiger partial charge < -0.3 is 0 Å². The molecule has 0 fully saturated rings. The number of benzene rings is 1. The van der Waals surface area contributed by atoms with Gasteiger partial charge in [0.05, 0.1) is 11.9 Å². The zero-order valence-electron chi connectivity index (χ0n) is 8.73. The molecule has 0 aliphatic carbocycles. The number of hydrogen-bond acceptors (Lipinski definition) is 1. The summed E-state index contributed by atoms with van der Waals surface area (Å²) in [5, 5.41) is 4.25. The molecule has 0 atom stereocenters. The summed E-state index contributed by atoms with van der Waals surface area (Å²) in [4.78, 5) is 0. The Morgan fingerprint density at radius 3 is 2.75 bits per heavy atom. The van der Waals surface area contributed by atoms with E-state index in [2.05, 4.69) is 16.9 Å².